The van der Waals surface area contributed by atoms with E-state index in [1.165, 1.54) is 6.20 Å². The number of nitrogen functional groups attached to an aromatic ring is 1. The van der Waals surface area contributed by atoms with Crippen molar-refractivity contribution in [2.75, 3.05) is 32.3 Å². The number of aromatic nitrogens is 2. The summed E-state index contributed by atoms with van der Waals surface area (Å²) >= 11 is 1.11. The first-order valence-electron chi connectivity index (χ1n) is 8.39. The van der Waals surface area contributed by atoms with Crippen molar-refractivity contribution >= 4 is 29.5 Å². The molecule has 3 N–H and O–H groups in total. The zero-order valence-electron chi connectivity index (χ0n) is 15.9. The number of thioether (sulfide) groups is 1. The highest BCUT2D eigenvalue weighted by atomic mass is 32.2. The first-order chi connectivity index (χ1) is 13.5. The number of benzene rings is 1. The summed E-state index contributed by atoms with van der Waals surface area (Å²) in [7, 11) is 3.09. The molecule has 1 aromatic heterocycles. The van der Waals surface area contributed by atoms with Crippen LogP contribution < -0.4 is 20.5 Å². The van der Waals surface area contributed by atoms with Crippen molar-refractivity contribution in [3.63, 3.8) is 0 Å². The van der Waals surface area contributed by atoms with E-state index in [1.54, 1.807) is 27.2 Å². The second-order valence-corrected chi connectivity index (χ2v) is 6.33. The third-order valence-electron chi connectivity index (χ3n) is 3.58. The molecule has 9 nitrogen and oxygen atoms in total. The van der Waals surface area contributed by atoms with Crippen molar-refractivity contribution in [2.24, 2.45) is 0 Å². The SMILES string of the molecule is CCOC(=O)c1cnc(SCC(=O)NCc2cccc(OC)c2OC)nc1N. The zero-order valence-corrected chi connectivity index (χ0v) is 16.7. The third kappa shape index (κ3) is 5.49. The van der Waals surface area contributed by atoms with Crippen molar-refractivity contribution in [1.82, 2.24) is 15.3 Å². The molecule has 0 unspecified atom stereocenters. The molecule has 0 atom stereocenters. The van der Waals surface area contributed by atoms with Gasteiger partial charge in [-0.1, -0.05) is 23.9 Å². The van der Waals surface area contributed by atoms with Crippen LogP contribution in [0.2, 0.25) is 0 Å². The molecule has 2 rings (SSSR count). The number of nitrogens with one attached hydrogen (secondary N) is 1. The maximum Gasteiger partial charge on any atom is 0.343 e. The molecule has 28 heavy (non-hydrogen) atoms. The van der Waals surface area contributed by atoms with Crippen LogP contribution in [-0.2, 0) is 16.1 Å². The number of nitrogens with two attached hydrogens (primary N) is 1. The quantitative estimate of drug-likeness (QED) is 0.363. The van der Waals surface area contributed by atoms with Crippen LogP contribution in [0.15, 0.2) is 29.6 Å². The maximum absolute atomic E-state index is 12.1. The summed E-state index contributed by atoms with van der Waals surface area (Å²) in [5.74, 6) is 0.466. The molecule has 0 aliphatic carbocycles. The third-order valence-corrected chi connectivity index (χ3v) is 4.45. The van der Waals surface area contributed by atoms with Gasteiger partial charge in [0.2, 0.25) is 5.91 Å². The highest BCUT2D eigenvalue weighted by Gasteiger charge is 2.15. The van der Waals surface area contributed by atoms with Crippen LogP contribution in [0.5, 0.6) is 11.5 Å². The van der Waals surface area contributed by atoms with E-state index < -0.39 is 5.97 Å². The summed E-state index contributed by atoms with van der Waals surface area (Å²) in [5, 5.41) is 3.09. The molecule has 0 fully saturated rings. The molecule has 0 aliphatic heterocycles. The lowest BCUT2D eigenvalue weighted by molar-refractivity contribution is -0.118. The Balaban J connectivity index is 1.91. The largest absolute Gasteiger partial charge is 0.493 e. The maximum atomic E-state index is 12.1. The molecule has 150 valence electrons. The van der Waals surface area contributed by atoms with Gasteiger partial charge in [-0.25, -0.2) is 14.8 Å². The molecule has 0 bridgehead atoms. The second kappa shape index (κ2) is 10.4. The van der Waals surface area contributed by atoms with E-state index in [1.807, 2.05) is 12.1 Å². The van der Waals surface area contributed by atoms with Crippen molar-refractivity contribution in [3.05, 3.63) is 35.5 Å². The summed E-state index contributed by atoms with van der Waals surface area (Å²) in [6.45, 7) is 2.20. The normalized spacial score (nSPS) is 10.2. The first kappa shape index (κ1) is 21.3. The van der Waals surface area contributed by atoms with Gasteiger partial charge >= 0.3 is 5.97 Å². The molecule has 1 amide bonds. The zero-order chi connectivity index (χ0) is 20.5. The summed E-state index contributed by atoms with van der Waals surface area (Å²) < 4.78 is 15.4. The van der Waals surface area contributed by atoms with Crippen LogP contribution >= 0.6 is 11.8 Å². The summed E-state index contributed by atoms with van der Waals surface area (Å²) in [5.41, 5.74) is 6.65. The Morgan fingerprint density at radius 2 is 2.04 bits per heavy atom. The van der Waals surface area contributed by atoms with Crippen molar-refractivity contribution in [3.8, 4) is 11.5 Å². The van der Waals surface area contributed by atoms with Gasteiger partial charge < -0.3 is 25.3 Å². The Kier molecular flexibility index (Phi) is 7.88. The van der Waals surface area contributed by atoms with Gasteiger partial charge in [-0.05, 0) is 13.0 Å². The van der Waals surface area contributed by atoms with Crippen LogP contribution in [0.4, 0.5) is 5.82 Å². The molecule has 2 aromatic rings. The Bertz CT molecular complexity index is 847. The van der Waals surface area contributed by atoms with Gasteiger partial charge in [-0.2, -0.15) is 0 Å². The van der Waals surface area contributed by atoms with E-state index >= 15 is 0 Å². The van der Waals surface area contributed by atoms with Crippen molar-refractivity contribution in [1.29, 1.82) is 0 Å². The number of para-hydroxylation sites is 1. The number of amides is 1. The number of methoxy groups -OCH3 is 2. The van der Waals surface area contributed by atoms with E-state index in [9.17, 15) is 9.59 Å². The lowest BCUT2D eigenvalue weighted by atomic mass is 10.2. The number of rotatable bonds is 9. The van der Waals surface area contributed by atoms with Crippen LogP contribution in [0.1, 0.15) is 22.8 Å². The van der Waals surface area contributed by atoms with Gasteiger partial charge in [0.1, 0.15) is 11.4 Å². The van der Waals surface area contributed by atoms with E-state index in [2.05, 4.69) is 15.3 Å². The first-order valence-corrected chi connectivity index (χ1v) is 9.37. The number of carbonyl (C=O) groups excluding carboxylic acids is 2. The molecule has 0 spiro atoms. The lowest BCUT2D eigenvalue weighted by Crippen LogP contribution is -2.25. The number of ether oxygens (including phenoxy) is 3. The average molecular weight is 406 g/mol. The number of carbonyl (C=O) groups is 2. The summed E-state index contributed by atoms with van der Waals surface area (Å²) in [4.78, 5) is 31.9. The number of esters is 1. The highest BCUT2D eigenvalue weighted by Crippen LogP contribution is 2.30. The van der Waals surface area contributed by atoms with Crippen molar-refractivity contribution in [2.45, 2.75) is 18.6 Å². The lowest BCUT2D eigenvalue weighted by Gasteiger charge is -2.13. The highest BCUT2D eigenvalue weighted by molar-refractivity contribution is 7.99. The van der Waals surface area contributed by atoms with E-state index in [-0.39, 0.29) is 36.2 Å². The molecular weight excluding hydrogens is 384 g/mol. The molecule has 0 saturated carbocycles. The second-order valence-electron chi connectivity index (χ2n) is 5.39. The van der Waals surface area contributed by atoms with Crippen LogP contribution in [0.25, 0.3) is 0 Å². The summed E-state index contributed by atoms with van der Waals surface area (Å²) in [6, 6.07) is 5.44. The molecule has 0 aliphatic rings. The molecule has 1 aromatic carbocycles. The van der Waals surface area contributed by atoms with Gasteiger partial charge in [0, 0.05) is 18.3 Å². The smallest absolute Gasteiger partial charge is 0.343 e. The molecule has 1 heterocycles. The van der Waals surface area contributed by atoms with Gasteiger partial charge in [-0.3, -0.25) is 4.79 Å². The van der Waals surface area contributed by atoms with Gasteiger partial charge in [0.25, 0.3) is 0 Å². The Morgan fingerprint density at radius 1 is 1.25 bits per heavy atom. The van der Waals surface area contributed by atoms with E-state index in [4.69, 9.17) is 19.9 Å². The van der Waals surface area contributed by atoms with Gasteiger partial charge in [0.15, 0.2) is 16.7 Å². The Morgan fingerprint density at radius 3 is 2.68 bits per heavy atom. The van der Waals surface area contributed by atoms with Gasteiger partial charge in [-0.15, -0.1) is 0 Å². The number of hydrogen-bond acceptors (Lipinski definition) is 9. The molecule has 0 radical (unpaired) electrons. The van der Waals surface area contributed by atoms with E-state index in [0.29, 0.717) is 16.7 Å². The number of anilines is 1. The monoisotopic (exact) mass is 406 g/mol. The summed E-state index contributed by atoms with van der Waals surface area (Å²) in [6.07, 6.45) is 1.29. The number of nitrogens with zero attached hydrogens (tertiary/aromatic N) is 2. The predicted octanol–water partition coefficient (Wildman–Crippen LogP) is 1.66. The van der Waals surface area contributed by atoms with Gasteiger partial charge in [0.05, 0.1) is 26.6 Å². The minimum absolute atomic E-state index is 0.0116. The predicted molar refractivity (Wildman–Crippen MR) is 105 cm³/mol. The van der Waals surface area contributed by atoms with Crippen LogP contribution in [0, 0.1) is 0 Å². The number of hydrogen-bond donors (Lipinski definition) is 2. The van der Waals surface area contributed by atoms with Crippen molar-refractivity contribution < 1.29 is 23.8 Å². The standard InChI is InChI=1S/C18H22N4O5S/c1-4-27-17(24)12-9-21-18(22-16(12)19)28-10-14(23)20-8-11-6-5-7-13(25-2)15(11)26-3/h5-7,9H,4,8,10H2,1-3H3,(H,20,23)(H2,19,21,22). The van der Waals surface area contributed by atoms with E-state index in [0.717, 1.165) is 17.3 Å². The molecular formula is C18H22N4O5S. The topological polar surface area (TPSA) is 126 Å². The minimum Gasteiger partial charge on any atom is -0.493 e. The molecule has 0 saturated heterocycles. The molecule has 10 heteroatoms. The average Bonchev–Trinajstić information content (AvgIpc) is 2.70. The fourth-order valence-electron chi connectivity index (χ4n) is 2.28. The van der Waals surface area contributed by atoms with Crippen LogP contribution in [-0.4, -0.2) is 48.4 Å². The fraction of sp³-hybridized carbons (Fsp3) is 0.333. The Labute approximate surface area is 167 Å². The van der Waals surface area contributed by atoms with Crippen LogP contribution in [0.3, 0.4) is 0 Å². The fourth-order valence-corrected chi connectivity index (χ4v) is 2.93. The Hall–Kier alpha value is -3.01. The minimum atomic E-state index is -0.582.